The van der Waals surface area contributed by atoms with Crippen LogP contribution in [0.15, 0.2) is 47.3 Å². The Hall–Kier alpha value is -4.60. The summed E-state index contributed by atoms with van der Waals surface area (Å²) in [5.41, 5.74) is -0.217. The first-order valence-electron chi connectivity index (χ1n) is 12.8. The molecule has 4 aromatic rings. The molecular weight excluding hydrogens is 516 g/mol. The topological polar surface area (TPSA) is 133 Å². The van der Waals surface area contributed by atoms with Gasteiger partial charge in [0.15, 0.2) is 0 Å². The number of pyridine rings is 1. The highest BCUT2D eigenvalue weighted by atomic mass is 16.6. The van der Waals surface area contributed by atoms with Crippen LogP contribution in [-0.2, 0) is 26.2 Å². The van der Waals surface area contributed by atoms with Crippen molar-refractivity contribution < 1.29 is 33.7 Å². The van der Waals surface area contributed by atoms with Crippen LogP contribution in [0.1, 0.15) is 39.4 Å². The van der Waals surface area contributed by atoms with Crippen molar-refractivity contribution in [2.24, 2.45) is 13.0 Å². The number of carboxylic acids is 1. The number of carbonyl (C=O) groups excluding carboxylic acids is 2. The van der Waals surface area contributed by atoms with Crippen molar-refractivity contribution in [2.75, 3.05) is 7.11 Å². The summed E-state index contributed by atoms with van der Waals surface area (Å²) in [4.78, 5) is 51.1. The van der Waals surface area contributed by atoms with E-state index in [0.29, 0.717) is 22.0 Å². The third kappa shape index (κ3) is 4.20. The fourth-order valence-electron chi connectivity index (χ4n) is 5.97. The van der Waals surface area contributed by atoms with Crippen molar-refractivity contribution in [2.45, 2.75) is 45.4 Å². The van der Waals surface area contributed by atoms with Gasteiger partial charge in [0.05, 0.1) is 35.0 Å². The number of esters is 1. The number of amides is 1. The maximum atomic E-state index is 14.1. The van der Waals surface area contributed by atoms with E-state index >= 15 is 0 Å². The predicted octanol–water partition coefficient (Wildman–Crippen LogP) is 3.83. The van der Waals surface area contributed by atoms with Crippen molar-refractivity contribution in [3.63, 3.8) is 0 Å². The zero-order valence-electron chi connectivity index (χ0n) is 23.0. The second-order valence-corrected chi connectivity index (χ2v) is 10.6. The van der Waals surface area contributed by atoms with Crippen molar-refractivity contribution in [3.05, 3.63) is 58.3 Å². The van der Waals surface area contributed by atoms with Gasteiger partial charge in [0.1, 0.15) is 29.2 Å². The largest absolute Gasteiger partial charge is 0.496 e. The van der Waals surface area contributed by atoms with Gasteiger partial charge in [-0.1, -0.05) is 24.3 Å². The number of aliphatic carboxylic acids is 1. The normalized spacial score (nSPS) is 18.6. The summed E-state index contributed by atoms with van der Waals surface area (Å²) in [5, 5.41) is 15.2. The number of nitrogens with one attached hydrogen (secondary N) is 1. The SMILES string of the molecule is COc1cc2c(c3c1c(=O)c1cc4ccccc4cc1n3C)C(OC(C)=O)C(C(NC(C)=O)C(=O)O)C(C)(C)O2. The minimum atomic E-state index is -1.47. The highest BCUT2D eigenvalue weighted by Gasteiger charge is 2.53. The Morgan fingerprint density at radius 3 is 2.33 bits per heavy atom. The van der Waals surface area contributed by atoms with Crippen LogP contribution >= 0.6 is 0 Å². The lowest BCUT2D eigenvalue weighted by atomic mass is 9.74. The summed E-state index contributed by atoms with van der Waals surface area (Å²) < 4.78 is 19.7. The van der Waals surface area contributed by atoms with Gasteiger partial charge in [-0.3, -0.25) is 14.4 Å². The molecule has 10 nitrogen and oxygen atoms in total. The Balaban J connectivity index is 1.94. The number of methoxy groups -OCH3 is 1. The van der Waals surface area contributed by atoms with Crippen LogP contribution < -0.4 is 20.2 Å². The van der Waals surface area contributed by atoms with Crippen LogP contribution in [0, 0.1) is 5.92 Å². The van der Waals surface area contributed by atoms with Crippen LogP contribution in [0.3, 0.4) is 0 Å². The van der Waals surface area contributed by atoms with Crippen molar-refractivity contribution in [1.29, 1.82) is 0 Å². The molecule has 2 heterocycles. The summed E-state index contributed by atoms with van der Waals surface area (Å²) in [6, 6.07) is 11.5. The number of aryl methyl sites for hydroxylation is 1. The van der Waals surface area contributed by atoms with E-state index < -0.39 is 41.5 Å². The van der Waals surface area contributed by atoms with Gasteiger partial charge in [0.2, 0.25) is 11.3 Å². The number of rotatable bonds is 5. The van der Waals surface area contributed by atoms with E-state index in [1.165, 1.54) is 21.0 Å². The second-order valence-electron chi connectivity index (χ2n) is 10.6. The molecule has 5 rings (SSSR count). The zero-order chi connectivity index (χ0) is 29.1. The molecule has 2 N–H and O–H groups in total. The average molecular weight is 547 g/mol. The van der Waals surface area contributed by atoms with Crippen molar-refractivity contribution in [3.8, 4) is 11.5 Å². The molecule has 10 heteroatoms. The monoisotopic (exact) mass is 546 g/mol. The first-order valence-corrected chi connectivity index (χ1v) is 12.8. The van der Waals surface area contributed by atoms with Crippen LogP contribution in [-0.4, -0.2) is 46.3 Å². The molecule has 1 aliphatic heterocycles. The quantitative estimate of drug-likeness (QED) is 0.285. The number of fused-ring (bicyclic) bond motifs is 5. The Bertz CT molecular complexity index is 1790. The fraction of sp³-hybridized carbons (Fsp3) is 0.333. The number of aromatic nitrogens is 1. The third-order valence-electron chi connectivity index (χ3n) is 7.58. The number of hydrogen-bond acceptors (Lipinski definition) is 7. The van der Waals surface area contributed by atoms with Crippen LogP contribution in [0.25, 0.3) is 32.6 Å². The second kappa shape index (κ2) is 9.55. The third-order valence-corrected chi connectivity index (χ3v) is 7.58. The van der Waals surface area contributed by atoms with E-state index in [1.54, 1.807) is 27.0 Å². The highest BCUT2D eigenvalue weighted by molar-refractivity contribution is 6.04. The first kappa shape index (κ1) is 27.0. The molecule has 3 unspecified atom stereocenters. The van der Waals surface area contributed by atoms with E-state index in [4.69, 9.17) is 14.2 Å². The Morgan fingerprint density at radius 2 is 1.75 bits per heavy atom. The van der Waals surface area contributed by atoms with Crippen LogP contribution in [0.4, 0.5) is 0 Å². The summed E-state index contributed by atoms with van der Waals surface area (Å²) >= 11 is 0. The summed E-state index contributed by atoms with van der Waals surface area (Å²) in [6.07, 6.45) is -1.19. The summed E-state index contributed by atoms with van der Waals surface area (Å²) in [7, 11) is 3.23. The first-order chi connectivity index (χ1) is 18.9. The van der Waals surface area contributed by atoms with E-state index in [0.717, 1.165) is 10.8 Å². The number of carbonyl (C=O) groups is 3. The molecular formula is C30H30N2O8. The summed E-state index contributed by atoms with van der Waals surface area (Å²) in [5.74, 6) is -3.08. The number of ether oxygens (including phenoxy) is 3. The lowest BCUT2D eigenvalue weighted by molar-refractivity contribution is -0.166. The smallest absolute Gasteiger partial charge is 0.326 e. The number of nitrogens with zero attached hydrogens (tertiary/aromatic N) is 1. The van der Waals surface area contributed by atoms with Gasteiger partial charge in [0.25, 0.3) is 0 Å². The van der Waals surface area contributed by atoms with Crippen molar-refractivity contribution >= 4 is 50.4 Å². The molecule has 208 valence electrons. The maximum Gasteiger partial charge on any atom is 0.326 e. The number of carboxylic acid groups (broad SMARTS) is 1. The van der Waals surface area contributed by atoms with Crippen LogP contribution in [0.2, 0.25) is 0 Å². The standard InChI is InChI=1S/C30H30N2O8/c1-14(33)31-25(29(36)37)24-28(39-15(2)34)23-21(40-30(24,3)4)13-20(38-6)22-26(23)32(5)19-12-17-10-8-7-9-16(17)11-18(19)27(22)35/h7-13,24-25,28H,1-6H3,(H,31,33)(H,36,37). The lowest BCUT2D eigenvalue weighted by Gasteiger charge is -2.46. The molecule has 40 heavy (non-hydrogen) atoms. The fourth-order valence-corrected chi connectivity index (χ4v) is 5.97. The molecule has 0 radical (unpaired) electrons. The molecule has 0 bridgehead atoms. The maximum absolute atomic E-state index is 14.1. The molecule has 0 saturated carbocycles. The van der Waals surface area contributed by atoms with Crippen LogP contribution in [0.5, 0.6) is 11.5 Å². The minimum Gasteiger partial charge on any atom is -0.496 e. The lowest BCUT2D eigenvalue weighted by Crippen LogP contribution is -2.58. The predicted molar refractivity (Wildman–Crippen MR) is 149 cm³/mol. The Labute approximate surface area is 229 Å². The van der Waals surface area contributed by atoms with Gasteiger partial charge in [-0.05, 0) is 36.8 Å². The van der Waals surface area contributed by atoms with E-state index in [9.17, 15) is 24.3 Å². The molecule has 0 spiro atoms. The van der Waals surface area contributed by atoms with E-state index in [1.807, 2.05) is 41.0 Å². The van der Waals surface area contributed by atoms with Gasteiger partial charge in [-0.15, -0.1) is 0 Å². The van der Waals surface area contributed by atoms with Crippen molar-refractivity contribution in [1.82, 2.24) is 9.88 Å². The number of benzene rings is 3. The Morgan fingerprint density at radius 1 is 1.10 bits per heavy atom. The summed E-state index contributed by atoms with van der Waals surface area (Å²) in [6.45, 7) is 5.76. The molecule has 0 saturated heterocycles. The minimum absolute atomic E-state index is 0.233. The van der Waals surface area contributed by atoms with Gasteiger partial charge in [0, 0.05) is 32.3 Å². The molecule has 3 aromatic carbocycles. The molecule has 0 fully saturated rings. The molecule has 0 aliphatic carbocycles. The van der Waals surface area contributed by atoms with Gasteiger partial charge >= 0.3 is 11.9 Å². The van der Waals surface area contributed by atoms with Gasteiger partial charge < -0.3 is 29.2 Å². The van der Waals surface area contributed by atoms with Gasteiger partial charge in [-0.2, -0.15) is 0 Å². The van der Waals surface area contributed by atoms with Gasteiger partial charge in [-0.25, -0.2) is 4.79 Å². The average Bonchev–Trinajstić information content (AvgIpc) is 2.88. The highest BCUT2D eigenvalue weighted by Crippen LogP contribution is 2.51. The molecule has 1 aliphatic rings. The molecule has 1 amide bonds. The number of hydrogen-bond donors (Lipinski definition) is 2. The Kier molecular flexibility index (Phi) is 6.44. The molecule has 3 atom stereocenters. The molecule has 1 aromatic heterocycles. The van der Waals surface area contributed by atoms with E-state index in [-0.39, 0.29) is 22.3 Å². The zero-order valence-corrected chi connectivity index (χ0v) is 23.0. The van der Waals surface area contributed by atoms with E-state index in [2.05, 4.69) is 5.32 Å².